The minimum Gasteiger partial charge on any atom is -0.317 e. The number of hydrogen-bond acceptors (Lipinski definition) is 1. The normalized spacial score (nSPS) is 11.5. The highest BCUT2D eigenvalue weighted by atomic mass is 15.0. The fourth-order valence-electron chi connectivity index (χ4n) is 3.49. The lowest BCUT2D eigenvalue weighted by Gasteiger charge is -2.11. The summed E-state index contributed by atoms with van der Waals surface area (Å²) in [5.74, 6) is 0. The molecule has 130 valence electrons. The van der Waals surface area contributed by atoms with E-state index in [0.717, 1.165) is 22.3 Å². The first-order valence-electron chi connectivity index (χ1n) is 9.02. The van der Waals surface area contributed by atoms with Gasteiger partial charge >= 0.3 is 0 Å². The second-order valence-electron chi connectivity index (χ2n) is 6.82. The Morgan fingerprint density at radius 2 is 1.70 bits per heavy atom. The van der Waals surface area contributed by atoms with Crippen LogP contribution in [0.2, 0.25) is 0 Å². The Morgan fingerprint density at radius 1 is 0.889 bits per heavy atom. The lowest BCUT2D eigenvalue weighted by molar-refractivity contribution is 1.04. The van der Waals surface area contributed by atoms with Crippen molar-refractivity contribution in [2.75, 3.05) is 0 Å². The van der Waals surface area contributed by atoms with E-state index >= 15 is 0 Å². The van der Waals surface area contributed by atoms with E-state index in [2.05, 4.69) is 66.9 Å². The zero-order chi connectivity index (χ0) is 18.8. The molecule has 0 fully saturated rings. The second kappa shape index (κ2) is 6.97. The Balaban J connectivity index is 1.80. The molecule has 0 aliphatic carbocycles. The molecule has 0 aliphatic rings. The highest BCUT2D eigenvalue weighted by molar-refractivity contribution is 5.94. The van der Waals surface area contributed by atoms with Crippen molar-refractivity contribution in [1.82, 2.24) is 4.57 Å². The van der Waals surface area contributed by atoms with Gasteiger partial charge in [-0.1, -0.05) is 54.1 Å². The molecule has 0 atom stereocenters. The number of hydrogen-bond donors (Lipinski definition) is 0. The van der Waals surface area contributed by atoms with Crippen molar-refractivity contribution in [3.8, 4) is 11.8 Å². The van der Waals surface area contributed by atoms with Crippen LogP contribution < -0.4 is 0 Å². The molecule has 0 radical (unpaired) electrons. The van der Waals surface area contributed by atoms with E-state index in [0.29, 0.717) is 5.57 Å². The van der Waals surface area contributed by atoms with Crippen molar-refractivity contribution < 1.29 is 0 Å². The molecule has 0 unspecified atom stereocenters. The highest BCUT2D eigenvalue weighted by Gasteiger charge is 2.08. The lowest BCUT2D eigenvalue weighted by atomic mass is 10.0. The monoisotopic (exact) mass is 348 g/mol. The molecule has 0 N–H and O–H groups in total. The SMILES string of the molecule is Cc1ccc(-n2cccc2/C=C(/C#N)c2ccc3ccccc3c2)c(C)c1. The van der Waals surface area contributed by atoms with E-state index in [-0.39, 0.29) is 0 Å². The molecule has 0 saturated carbocycles. The van der Waals surface area contributed by atoms with Crippen LogP contribution in [0.25, 0.3) is 28.1 Å². The number of fused-ring (bicyclic) bond motifs is 1. The summed E-state index contributed by atoms with van der Waals surface area (Å²) < 4.78 is 2.13. The highest BCUT2D eigenvalue weighted by Crippen LogP contribution is 2.25. The third-order valence-electron chi connectivity index (χ3n) is 4.87. The minimum atomic E-state index is 0.658. The van der Waals surface area contributed by atoms with E-state index in [1.54, 1.807) is 0 Å². The number of aryl methyl sites for hydroxylation is 2. The molecule has 2 heteroatoms. The summed E-state index contributed by atoms with van der Waals surface area (Å²) in [5, 5.41) is 12.1. The van der Waals surface area contributed by atoms with Crippen LogP contribution in [0.1, 0.15) is 22.4 Å². The topological polar surface area (TPSA) is 28.7 Å². The molecule has 4 rings (SSSR count). The van der Waals surface area contributed by atoms with Gasteiger partial charge in [0.15, 0.2) is 0 Å². The number of rotatable bonds is 3. The van der Waals surface area contributed by atoms with Gasteiger partial charge in [0.05, 0.1) is 11.6 Å². The summed E-state index contributed by atoms with van der Waals surface area (Å²) in [5.41, 5.74) is 6.17. The molecule has 1 aromatic heterocycles. The zero-order valence-electron chi connectivity index (χ0n) is 15.5. The van der Waals surface area contributed by atoms with E-state index in [4.69, 9.17) is 0 Å². The predicted molar refractivity (Wildman–Crippen MR) is 113 cm³/mol. The first-order chi connectivity index (χ1) is 13.2. The Morgan fingerprint density at radius 3 is 2.48 bits per heavy atom. The van der Waals surface area contributed by atoms with Gasteiger partial charge in [0.1, 0.15) is 0 Å². The summed E-state index contributed by atoms with van der Waals surface area (Å²) in [6.45, 7) is 4.21. The van der Waals surface area contributed by atoms with Crippen LogP contribution in [0.15, 0.2) is 79.0 Å². The lowest BCUT2D eigenvalue weighted by Crippen LogP contribution is -1.98. The fraction of sp³-hybridized carbons (Fsp3) is 0.0800. The molecule has 2 nitrogen and oxygen atoms in total. The Bertz CT molecular complexity index is 1200. The molecular weight excluding hydrogens is 328 g/mol. The number of nitrogens with zero attached hydrogens (tertiary/aromatic N) is 2. The maximum atomic E-state index is 9.78. The van der Waals surface area contributed by atoms with Crippen molar-refractivity contribution in [2.45, 2.75) is 13.8 Å². The molecule has 1 heterocycles. The average Bonchev–Trinajstić information content (AvgIpc) is 3.13. The van der Waals surface area contributed by atoms with Crippen LogP contribution in [0, 0.1) is 25.2 Å². The van der Waals surface area contributed by atoms with Crippen LogP contribution in [-0.2, 0) is 0 Å². The van der Waals surface area contributed by atoms with Gasteiger partial charge in [0.25, 0.3) is 0 Å². The largest absolute Gasteiger partial charge is 0.317 e. The van der Waals surface area contributed by atoms with Gasteiger partial charge in [0.2, 0.25) is 0 Å². The summed E-state index contributed by atoms with van der Waals surface area (Å²) in [4.78, 5) is 0. The van der Waals surface area contributed by atoms with Crippen LogP contribution in [0.4, 0.5) is 0 Å². The zero-order valence-corrected chi connectivity index (χ0v) is 15.5. The number of nitriles is 1. The fourth-order valence-corrected chi connectivity index (χ4v) is 3.49. The number of allylic oxidation sites excluding steroid dienone is 1. The molecule has 0 spiro atoms. The summed E-state index contributed by atoms with van der Waals surface area (Å²) in [6.07, 6.45) is 4.00. The number of benzene rings is 3. The quantitative estimate of drug-likeness (QED) is 0.399. The van der Waals surface area contributed by atoms with Crippen LogP contribution >= 0.6 is 0 Å². The maximum absolute atomic E-state index is 9.78. The van der Waals surface area contributed by atoms with Crippen LogP contribution in [-0.4, -0.2) is 4.57 Å². The third-order valence-corrected chi connectivity index (χ3v) is 4.87. The Kier molecular flexibility index (Phi) is 4.36. The third kappa shape index (κ3) is 3.28. The van der Waals surface area contributed by atoms with E-state index in [1.807, 2.05) is 42.6 Å². The van der Waals surface area contributed by atoms with Gasteiger partial charge in [-0.05, 0) is 66.1 Å². The molecule has 27 heavy (non-hydrogen) atoms. The Hall–Kier alpha value is -3.57. The van der Waals surface area contributed by atoms with Gasteiger partial charge in [-0.2, -0.15) is 5.26 Å². The second-order valence-corrected chi connectivity index (χ2v) is 6.82. The molecular formula is C25H20N2. The Labute approximate surface area is 159 Å². The van der Waals surface area contributed by atoms with Crippen molar-refractivity contribution >= 4 is 22.4 Å². The molecule has 3 aromatic carbocycles. The maximum Gasteiger partial charge on any atom is 0.0998 e. The van der Waals surface area contributed by atoms with Gasteiger partial charge in [-0.3, -0.25) is 0 Å². The van der Waals surface area contributed by atoms with E-state index < -0.39 is 0 Å². The molecule has 0 bridgehead atoms. The van der Waals surface area contributed by atoms with Crippen molar-refractivity contribution in [2.24, 2.45) is 0 Å². The van der Waals surface area contributed by atoms with Crippen molar-refractivity contribution in [3.05, 3.63) is 101 Å². The summed E-state index contributed by atoms with van der Waals surface area (Å²) in [7, 11) is 0. The predicted octanol–water partition coefficient (Wildman–Crippen LogP) is 6.31. The number of aromatic nitrogens is 1. The van der Waals surface area contributed by atoms with Gasteiger partial charge in [-0.15, -0.1) is 0 Å². The molecule has 4 aromatic rings. The molecule has 0 aliphatic heterocycles. The minimum absolute atomic E-state index is 0.658. The first kappa shape index (κ1) is 16.9. The molecule has 0 saturated heterocycles. The summed E-state index contributed by atoms with van der Waals surface area (Å²) in [6, 6.07) is 27.2. The molecule has 0 amide bonds. The standard InChI is InChI=1S/C25H20N2/c1-18-9-12-25(19(2)14-18)27-13-5-8-24(27)16-23(17-26)22-11-10-20-6-3-4-7-21(20)15-22/h3-16H,1-2H3/b23-16-. The van der Waals surface area contributed by atoms with Gasteiger partial charge < -0.3 is 4.57 Å². The van der Waals surface area contributed by atoms with E-state index in [1.165, 1.54) is 16.5 Å². The van der Waals surface area contributed by atoms with Gasteiger partial charge in [-0.25, -0.2) is 0 Å². The average molecular weight is 348 g/mol. The first-order valence-corrected chi connectivity index (χ1v) is 9.02. The summed E-state index contributed by atoms with van der Waals surface area (Å²) >= 11 is 0. The van der Waals surface area contributed by atoms with Crippen molar-refractivity contribution in [3.63, 3.8) is 0 Å². The smallest absolute Gasteiger partial charge is 0.0998 e. The van der Waals surface area contributed by atoms with Crippen LogP contribution in [0.5, 0.6) is 0 Å². The van der Waals surface area contributed by atoms with Crippen molar-refractivity contribution in [1.29, 1.82) is 5.26 Å². The van der Waals surface area contributed by atoms with Crippen LogP contribution in [0.3, 0.4) is 0 Å². The van der Waals surface area contributed by atoms with Gasteiger partial charge in [0, 0.05) is 17.6 Å². The van der Waals surface area contributed by atoms with E-state index in [9.17, 15) is 5.26 Å².